The van der Waals surface area contributed by atoms with E-state index in [1.807, 2.05) is 19.1 Å². The normalized spacial score (nSPS) is 22.3. The van der Waals surface area contributed by atoms with Crippen LogP contribution in [0, 0.1) is 6.92 Å². The summed E-state index contributed by atoms with van der Waals surface area (Å²) in [5, 5.41) is 2.09. The Morgan fingerprint density at radius 3 is 2.19 bits per heavy atom. The lowest BCUT2D eigenvalue weighted by atomic mass is 10.2. The molecule has 0 saturated carbocycles. The van der Waals surface area contributed by atoms with Crippen LogP contribution in [0.15, 0.2) is 24.3 Å². The van der Waals surface area contributed by atoms with Crippen molar-refractivity contribution in [1.82, 2.24) is 4.90 Å². The molecule has 0 bridgehead atoms. The third-order valence-corrected chi connectivity index (χ3v) is 4.49. The first-order valence-corrected chi connectivity index (χ1v) is 7.70. The molecule has 2 rings (SSSR count). The van der Waals surface area contributed by atoms with E-state index in [-0.39, 0.29) is 34.8 Å². The molecule has 112 valence electrons. The Morgan fingerprint density at radius 1 is 1.14 bits per heavy atom. The molecule has 21 heavy (non-hydrogen) atoms. The number of hydrogen-bond donors (Lipinski definition) is 1. The van der Waals surface area contributed by atoms with Crippen molar-refractivity contribution in [2.24, 2.45) is 0 Å². The minimum atomic E-state index is -0.369. The highest BCUT2D eigenvalue weighted by Crippen LogP contribution is 2.26. The predicted molar refractivity (Wildman–Crippen MR) is 83.0 cm³/mol. The molecule has 0 spiro atoms. The molecule has 1 fully saturated rings. The number of amides is 3. The van der Waals surface area contributed by atoms with Crippen molar-refractivity contribution in [3.05, 3.63) is 29.8 Å². The van der Waals surface area contributed by atoms with Gasteiger partial charge in [-0.25, -0.2) is 0 Å². The summed E-state index contributed by atoms with van der Waals surface area (Å²) in [7, 11) is 0. The molecule has 0 aromatic heterocycles. The lowest BCUT2D eigenvalue weighted by Gasteiger charge is -2.31. The maximum absolute atomic E-state index is 12.0. The standard InChI is InChI=1S/C15H18N2O3S/c1-9-4-6-12(7-5-9)16-13(18)8-17-14(19)10(2)21-11(3)15(17)20/h4-7,10-11H,8H2,1-3H3,(H,16,18)/t10-,11+. The second-order valence-electron chi connectivity index (χ2n) is 5.10. The summed E-state index contributed by atoms with van der Waals surface area (Å²) in [5.74, 6) is -0.976. The molecular weight excluding hydrogens is 288 g/mol. The largest absolute Gasteiger partial charge is 0.325 e. The number of benzene rings is 1. The fourth-order valence-corrected chi connectivity index (χ4v) is 3.21. The maximum atomic E-state index is 12.0. The number of carbonyl (C=O) groups excluding carboxylic acids is 3. The SMILES string of the molecule is Cc1ccc(NC(=O)CN2C(=O)[C@H](C)S[C@H](C)C2=O)cc1. The number of nitrogens with zero attached hydrogens (tertiary/aromatic N) is 1. The van der Waals surface area contributed by atoms with Crippen molar-refractivity contribution in [1.29, 1.82) is 0 Å². The Morgan fingerprint density at radius 2 is 1.67 bits per heavy atom. The topological polar surface area (TPSA) is 66.5 Å². The fourth-order valence-electron chi connectivity index (χ4n) is 2.11. The highest BCUT2D eigenvalue weighted by atomic mass is 32.2. The predicted octanol–water partition coefficient (Wildman–Crippen LogP) is 1.81. The quantitative estimate of drug-likeness (QED) is 0.865. The van der Waals surface area contributed by atoms with Gasteiger partial charge in [0.15, 0.2) is 0 Å². The van der Waals surface area contributed by atoms with Crippen LogP contribution in [0.3, 0.4) is 0 Å². The average molecular weight is 306 g/mol. The van der Waals surface area contributed by atoms with Gasteiger partial charge >= 0.3 is 0 Å². The van der Waals surface area contributed by atoms with Crippen LogP contribution in [-0.2, 0) is 14.4 Å². The van der Waals surface area contributed by atoms with Crippen molar-refractivity contribution in [2.75, 3.05) is 11.9 Å². The van der Waals surface area contributed by atoms with Crippen molar-refractivity contribution < 1.29 is 14.4 Å². The summed E-state index contributed by atoms with van der Waals surface area (Å²) in [4.78, 5) is 37.1. The van der Waals surface area contributed by atoms with Crippen LogP contribution in [0.5, 0.6) is 0 Å². The molecule has 3 amide bonds. The van der Waals surface area contributed by atoms with Crippen LogP contribution in [0.4, 0.5) is 5.69 Å². The molecule has 0 aliphatic carbocycles. The van der Waals surface area contributed by atoms with E-state index < -0.39 is 0 Å². The summed E-state index contributed by atoms with van der Waals surface area (Å²) in [6.45, 7) is 5.22. The zero-order valence-electron chi connectivity index (χ0n) is 12.3. The number of hydrogen-bond acceptors (Lipinski definition) is 4. The van der Waals surface area contributed by atoms with E-state index in [9.17, 15) is 14.4 Å². The van der Waals surface area contributed by atoms with Gasteiger partial charge in [0.05, 0.1) is 10.5 Å². The first-order chi connectivity index (χ1) is 9.88. The number of thioether (sulfide) groups is 1. The number of nitrogens with one attached hydrogen (secondary N) is 1. The average Bonchev–Trinajstić information content (AvgIpc) is 2.44. The van der Waals surface area contributed by atoms with Crippen LogP contribution in [0.1, 0.15) is 19.4 Å². The number of carbonyl (C=O) groups is 3. The smallest absolute Gasteiger partial charge is 0.244 e. The van der Waals surface area contributed by atoms with Crippen molar-refractivity contribution >= 4 is 35.2 Å². The van der Waals surface area contributed by atoms with E-state index in [0.717, 1.165) is 10.5 Å². The number of rotatable bonds is 3. The second-order valence-corrected chi connectivity index (χ2v) is 6.78. The van der Waals surface area contributed by atoms with Crippen LogP contribution in [0.2, 0.25) is 0 Å². The lowest BCUT2D eigenvalue weighted by Crippen LogP contribution is -2.52. The molecule has 1 saturated heterocycles. The summed E-state index contributed by atoms with van der Waals surface area (Å²) in [6, 6.07) is 7.34. The molecule has 1 aromatic rings. The van der Waals surface area contributed by atoms with Gasteiger partial charge in [-0.2, -0.15) is 0 Å². The first-order valence-electron chi connectivity index (χ1n) is 6.75. The van der Waals surface area contributed by atoms with Crippen LogP contribution in [-0.4, -0.2) is 39.7 Å². The van der Waals surface area contributed by atoms with E-state index >= 15 is 0 Å². The van der Waals surface area contributed by atoms with Crippen molar-refractivity contribution in [3.63, 3.8) is 0 Å². The number of aryl methyl sites for hydroxylation is 1. The molecular formula is C15H18N2O3S. The Bertz CT molecular complexity index is 551. The van der Waals surface area contributed by atoms with Crippen LogP contribution >= 0.6 is 11.8 Å². The van der Waals surface area contributed by atoms with Crippen molar-refractivity contribution in [2.45, 2.75) is 31.3 Å². The highest BCUT2D eigenvalue weighted by Gasteiger charge is 2.37. The minimum absolute atomic E-state index is 0.235. The molecule has 0 unspecified atom stereocenters. The third-order valence-electron chi connectivity index (χ3n) is 3.27. The molecule has 1 aliphatic heterocycles. The van der Waals surface area contributed by atoms with Gasteiger partial charge in [-0.05, 0) is 32.9 Å². The third kappa shape index (κ3) is 3.64. The molecule has 6 heteroatoms. The van der Waals surface area contributed by atoms with Gasteiger partial charge in [0, 0.05) is 5.69 Å². The zero-order chi connectivity index (χ0) is 15.6. The Balaban J connectivity index is 2.02. The Kier molecular flexibility index (Phi) is 4.67. The van der Waals surface area contributed by atoms with Crippen LogP contribution in [0.25, 0.3) is 0 Å². The summed E-state index contributed by atoms with van der Waals surface area (Å²) in [5.41, 5.74) is 1.74. The molecule has 1 aliphatic rings. The van der Waals surface area contributed by atoms with Crippen molar-refractivity contribution in [3.8, 4) is 0 Å². The monoisotopic (exact) mass is 306 g/mol. The molecule has 5 nitrogen and oxygen atoms in total. The highest BCUT2D eigenvalue weighted by molar-refractivity contribution is 8.02. The Labute approximate surface area is 128 Å². The number of anilines is 1. The molecule has 0 radical (unpaired) electrons. The lowest BCUT2D eigenvalue weighted by molar-refractivity contribution is -0.147. The van der Waals surface area contributed by atoms with E-state index in [4.69, 9.17) is 0 Å². The van der Waals surface area contributed by atoms with Gasteiger partial charge in [-0.1, -0.05) is 17.7 Å². The molecule has 2 atom stereocenters. The van der Waals surface area contributed by atoms with E-state index in [1.165, 1.54) is 11.8 Å². The molecule has 1 heterocycles. The molecule has 1 N–H and O–H groups in total. The van der Waals surface area contributed by atoms with Gasteiger partial charge in [0.25, 0.3) is 0 Å². The maximum Gasteiger partial charge on any atom is 0.244 e. The van der Waals surface area contributed by atoms with Gasteiger partial charge in [0.1, 0.15) is 6.54 Å². The zero-order valence-corrected chi connectivity index (χ0v) is 13.1. The van der Waals surface area contributed by atoms with Gasteiger partial charge in [-0.3, -0.25) is 19.3 Å². The summed E-state index contributed by atoms with van der Waals surface area (Å²) >= 11 is 1.32. The fraction of sp³-hybridized carbons (Fsp3) is 0.400. The summed E-state index contributed by atoms with van der Waals surface area (Å²) in [6.07, 6.45) is 0. The van der Waals surface area contributed by atoms with Crippen LogP contribution < -0.4 is 5.32 Å². The Hall–Kier alpha value is -1.82. The van der Waals surface area contributed by atoms with E-state index in [1.54, 1.807) is 26.0 Å². The van der Waals surface area contributed by atoms with E-state index in [0.29, 0.717) is 5.69 Å². The minimum Gasteiger partial charge on any atom is -0.325 e. The second kappa shape index (κ2) is 6.30. The molecule has 1 aromatic carbocycles. The van der Waals surface area contributed by atoms with Gasteiger partial charge in [0.2, 0.25) is 17.7 Å². The van der Waals surface area contributed by atoms with E-state index in [2.05, 4.69) is 5.32 Å². The van der Waals surface area contributed by atoms with Gasteiger partial charge in [-0.15, -0.1) is 11.8 Å². The van der Waals surface area contributed by atoms with Gasteiger partial charge < -0.3 is 5.32 Å². The first kappa shape index (κ1) is 15.6. The summed E-state index contributed by atoms with van der Waals surface area (Å²) < 4.78 is 0. The number of imide groups is 1.